The number of rotatable bonds is 5. The van der Waals surface area contributed by atoms with E-state index in [1.54, 1.807) is 26.0 Å². The lowest BCUT2D eigenvalue weighted by molar-refractivity contribution is -0.115. The van der Waals surface area contributed by atoms with E-state index < -0.39 is 6.61 Å². The molecule has 0 spiro atoms. The number of ether oxygens (including phenoxy) is 1. The summed E-state index contributed by atoms with van der Waals surface area (Å²) in [7, 11) is 0. The standard InChI is InChI=1S/C19H19F2N3O3/c1-11-12(2)26-18(15(11)9-22)23-17(25)10-24-7-3-4-13-8-14(27-19(20)21)5-6-16(13)24/h5-6,8,19H,3-4,7,10H2,1-2H3,(H,23,25). The first kappa shape index (κ1) is 18.7. The number of hydrogen-bond acceptors (Lipinski definition) is 5. The van der Waals surface area contributed by atoms with Gasteiger partial charge in [-0.05, 0) is 50.5 Å². The highest BCUT2D eigenvalue weighted by Crippen LogP contribution is 2.31. The Morgan fingerprint density at radius 3 is 2.93 bits per heavy atom. The SMILES string of the molecule is Cc1oc(NC(=O)CN2CCCc3cc(OC(F)F)ccc32)c(C#N)c1C. The molecule has 142 valence electrons. The summed E-state index contributed by atoms with van der Waals surface area (Å²) in [5.41, 5.74) is 2.68. The van der Waals surface area contributed by atoms with Gasteiger partial charge in [-0.15, -0.1) is 0 Å². The van der Waals surface area contributed by atoms with Gasteiger partial charge < -0.3 is 14.1 Å². The molecular weight excluding hydrogens is 356 g/mol. The minimum absolute atomic E-state index is 0.0612. The Bertz CT molecular complexity index is 902. The van der Waals surface area contributed by atoms with Crippen molar-refractivity contribution in [2.75, 3.05) is 23.3 Å². The summed E-state index contributed by atoms with van der Waals surface area (Å²) in [4.78, 5) is 14.3. The molecule has 0 radical (unpaired) electrons. The number of furan rings is 1. The van der Waals surface area contributed by atoms with E-state index in [0.717, 1.165) is 24.1 Å². The second-order valence-corrected chi connectivity index (χ2v) is 6.34. The molecule has 3 rings (SSSR count). The molecule has 0 saturated carbocycles. The largest absolute Gasteiger partial charge is 0.444 e. The third-order valence-electron chi connectivity index (χ3n) is 4.58. The lowest BCUT2D eigenvalue weighted by atomic mass is 10.0. The zero-order valence-corrected chi connectivity index (χ0v) is 15.0. The van der Waals surface area contributed by atoms with Crippen LogP contribution in [0.3, 0.4) is 0 Å². The molecule has 1 amide bonds. The van der Waals surface area contributed by atoms with Gasteiger partial charge in [-0.3, -0.25) is 10.1 Å². The Hall–Kier alpha value is -3.08. The summed E-state index contributed by atoms with van der Waals surface area (Å²) in [6, 6.07) is 6.76. The van der Waals surface area contributed by atoms with Crippen LogP contribution in [0.15, 0.2) is 22.6 Å². The van der Waals surface area contributed by atoms with Gasteiger partial charge in [-0.2, -0.15) is 14.0 Å². The quantitative estimate of drug-likeness (QED) is 0.861. The predicted molar refractivity (Wildman–Crippen MR) is 95.1 cm³/mol. The van der Waals surface area contributed by atoms with Crippen molar-refractivity contribution < 1.29 is 22.7 Å². The van der Waals surface area contributed by atoms with E-state index in [0.29, 0.717) is 23.4 Å². The van der Waals surface area contributed by atoms with Gasteiger partial charge in [0.2, 0.25) is 11.8 Å². The second-order valence-electron chi connectivity index (χ2n) is 6.34. The Balaban J connectivity index is 1.73. The summed E-state index contributed by atoms with van der Waals surface area (Å²) >= 11 is 0. The zero-order chi connectivity index (χ0) is 19.6. The highest BCUT2D eigenvalue weighted by Gasteiger charge is 2.22. The third kappa shape index (κ3) is 4.03. The van der Waals surface area contributed by atoms with Crippen molar-refractivity contribution in [2.45, 2.75) is 33.3 Å². The van der Waals surface area contributed by atoms with E-state index in [1.165, 1.54) is 6.07 Å². The monoisotopic (exact) mass is 375 g/mol. The van der Waals surface area contributed by atoms with Gasteiger partial charge in [-0.1, -0.05) is 0 Å². The van der Waals surface area contributed by atoms with Crippen LogP contribution in [-0.2, 0) is 11.2 Å². The van der Waals surface area contributed by atoms with Crippen LogP contribution in [0.5, 0.6) is 5.75 Å². The maximum atomic E-state index is 12.4. The summed E-state index contributed by atoms with van der Waals surface area (Å²) in [5.74, 6) is 0.517. The molecule has 1 aromatic heterocycles. The number of halogens is 2. The lowest BCUT2D eigenvalue weighted by Crippen LogP contribution is -2.36. The van der Waals surface area contributed by atoms with E-state index in [4.69, 9.17) is 4.42 Å². The lowest BCUT2D eigenvalue weighted by Gasteiger charge is -2.31. The van der Waals surface area contributed by atoms with Crippen LogP contribution in [0.4, 0.5) is 20.4 Å². The molecule has 2 heterocycles. The minimum Gasteiger partial charge on any atom is -0.444 e. The number of alkyl halides is 2. The second kappa shape index (κ2) is 7.66. The number of nitriles is 1. The van der Waals surface area contributed by atoms with Crippen LogP contribution in [0, 0.1) is 25.2 Å². The molecular formula is C19H19F2N3O3. The van der Waals surface area contributed by atoms with Crippen molar-refractivity contribution in [1.29, 1.82) is 5.26 Å². The average Bonchev–Trinajstić information content (AvgIpc) is 2.87. The Morgan fingerprint density at radius 2 is 2.22 bits per heavy atom. The number of benzene rings is 1. The first-order valence-corrected chi connectivity index (χ1v) is 8.51. The molecule has 1 N–H and O–H groups in total. The van der Waals surface area contributed by atoms with Gasteiger partial charge in [-0.25, -0.2) is 0 Å². The Morgan fingerprint density at radius 1 is 1.44 bits per heavy atom. The number of carbonyl (C=O) groups is 1. The molecule has 0 saturated heterocycles. The van der Waals surface area contributed by atoms with Crippen molar-refractivity contribution in [3.05, 3.63) is 40.6 Å². The summed E-state index contributed by atoms with van der Waals surface area (Å²) in [6.45, 7) is 1.34. The number of nitrogens with one attached hydrogen (secondary N) is 1. The number of hydrogen-bond donors (Lipinski definition) is 1. The summed E-state index contributed by atoms with van der Waals surface area (Å²) in [5, 5.41) is 11.9. The zero-order valence-electron chi connectivity index (χ0n) is 15.0. The maximum absolute atomic E-state index is 12.4. The van der Waals surface area contributed by atoms with Gasteiger partial charge in [0.15, 0.2) is 0 Å². The number of nitrogens with zero attached hydrogens (tertiary/aromatic N) is 2. The number of amides is 1. The summed E-state index contributed by atoms with van der Waals surface area (Å²) in [6.07, 6.45) is 1.52. The van der Waals surface area contributed by atoms with Gasteiger partial charge in [0.25, 0.3) is 0 Å². The molecule has 2 aromatic rings. The van der Waals surface area contributed by atoms with Crippen molar-refractivity contribution in [1.82, 2.24) is 0 Å². The van der Waals surface area contributed by atoms with E-state index in [1.807, 2.05) is 11.0 Å². The molecule has 0 aliphatic carbocycles. The molecule has 1 aliphatic heterocycles. The fraction of sp³-hybridized carbons (Fsp3) is 0.368. The van der Waals surface area contributed by atoms with Crippen molar-refractivity contribution in [3.8, 4) is 11.8 Å². The molecule has 0 bridgehead atoms. The van der Waals surface area contributed by atoms with Crippen LogP contribution in [0.2, 0.25) is 0 Å². The molecule has 0 fully saturated rings. The number of anilines is 2. The molecule has 0 atom stereocenters. The van der Waals surface area contributed by atoms with Crippen LogP contribution in [0.1, 0.15) is 28.9 Å². The van der Waals surface area contributed by atoms with Gasteiger partial charge in [0.1, 0.15) is 23.1 Å². The Labute approximate surface area is 155 Å². The average molecular weight is 375 g/mol. The van der Waals surface area contributed by atoms with E-state index in [2.05, 4.69) is 10.1 Å². The van der Waals surface area contributed by atoms with Crippen molar-refractivity contribution in [3.63, 3.8) is 0 Å². The van der Waals surface area contributed by atoms with Crippen molar-refractivity contribution in [2.24, 2.45) is 0 Å². The van der Waals surface area contributed by atoms with Crippen LogP contribution >= 0.6 is 0 Å². The minimum atomic E-state index is -2.87. The first-order chi connectivity index (χ1) is 12.9. The topological polar surface area (TPSA) is 78.5 Å². The van der Waals surface area contributed by atoms with Crippen LogP contribution in [0.25, 0.3) is 0 Å². The summed E-state index contributed by atoms with van der Waals surface area (Å²) < 4.78 is 34.7. The smallest absolute Gasteiger partial charge is 0.387 e. The first-order valence-electron chi connectivity index (χ1n) is 8.51. The number of carbonyl (C=O) groups excluding carboxylic acids is 1. The highest BCUT2D eigenvalue weighted by molar-refractivity contribution is 5.94. The van der Waals surface area contributed by atoms with Gasteiger partial charge >= 0.3 is 6.61 Å². The molecule has 8 heteroatoms. The van der Waals surface area contributed by atoms with Crippen LogP contribution < -0.4 is 15.0 Å². The Kier molecular flexibility index (Phi) is 5.31. The highest BCUT2D eigenvalue weighted by atomic mass is 19.3. The predicted octanol–water partition coefficient (Wildman–Crippen LogP) is 3.76. The molecule has 0 unspecified atom stereocenters. The molecule has 27 heavy (non-hydrogen) atoms. The third-order valence-corrected chi connectivity index (χ3v) is 4.58. The number of fused-ring (bicyclic) bond motifs is 1. The van der Waals surface area contributed by atoms with E-state index in [9.17, 15) is 18.8 Å². The van der Waals surface area contributed by atoms with Gasteiger partial charge in [0, 0.05) is 17.8 Å². The van der Waals surface area contributed by atoms with E-state index >= 15 is 0 Å². The number of aryl methyl sites for hydroxylation is 2. The molecule has 1 aliphatic rings. The fourth-order valence-electron chi connectivity index (χ4n) is 3.18. The van der Waals surface area contributed by atoms with Gasteiger partial charge in [0.05, 0.1) is 6.54 Å². The van der Waals surface area contributed by atoms with E-state index in [-0.39, 0.29) is 24.1 Å². The molecule has 6 nitrogen and oxygen atoms in total. The molecule has 1 aromatic carbocycles. The maximum Gasteiger partial charge on any atom is 0.387 e. The fourth-order valence-corrected chi connectivity index (χ4v) is 3.18. The normalized spacial score (nSPS) is 13.3. The van der Waals surface area contributed by atoms with Crippen molar-refractivity contribution >= 4 is 17.5 Å². The van der Waals surface area contributed by atoms with Crippen LogP contribution in [-0.4, -0.2) is 25.6 Å².